The number of piperidine rings is 1. The second-order valence-electron chi connectivity index (χ2n) is 14.0. The van der Waals surface area contributed by atoms with E-state index in [2.05, 4.69) is 35.0 Å². The number of aliphatic hydroxyl groups is 1. The van der Waals surface area contributed by atoms with Gasteiger partial charge >= 0.3 is 6.18 Å². The first kappa shape index (κ1) is 35.2. The monoisotopic (exact) mass is 685 g/mol. The SMILES string of the molecule is COc1cc(-c2cc(C(=O)N3C4COCC3CC(C(=O)N[C@H]3CC[C@@](O)(C(F)(F)F)CC3)C4)nn2COCC[Si](C)(C)C)c(F)cn1. The molecule has 2 aliphatic heterocycles. The minimum absolute atomic E-state index is 0.00305. The summed E-state index contributed by atoms with van der Waals surface area (Å²) in [6.07, 6.45) is -3.97. The molecule has 3 aliphatic rings. The van der Waals surface area contributed by atoms with Gasteiger partial charge in [-0.2, -0.15) is 18.3 Å². The lowest BCUT2D eigenvalue weighted by Gasteiger charge is -2.48. The van der Waals surface area contributed by atoms with E-state index in [0.29, 0.717) is 25.1 Å². The zero-order valence-electron chi connectivity index (χ0n) is 27.1. The van der Waals surface area contributed by atoms with Gasteiger partial charge in [-0.1, -0.05) is 19.6 Å². The van der Waals surface area contributed by atoms with Crippen LogP contribution in [0, 0.1) is 11.7 Å². The number of nitrogens with zero attached hydrogens (tertiary/aromatic N) is 4. The van der Waals surface area contributed by atoms with Gasteiger partial charge in [-0.15, -0.1) is 0 Å². The Morgan fingerprint density at radius 3 is 2.40 bits per heavy atom. The van der Waals surface area contributed by atoms with Crippen LogP contribution in [0.25, 0.3) is 11.3 Å². The number of rotatable bonds is 10. The molecule has 16 heteroatoms. The summed E-state index contributed by atoms with van der Waals surface area (Å²) in [5.74, 6) is -1.55. The Morgan fingerprint density at radius 2 is 1.81 bits per heavy atom. The number of carbonyl (C=O) groups is 2. The van der Waals surface area contributed by atoms with Crippen molar-refractivity contribution in [2.75, 3.05) is 26.9 Å². The van der Waals surface area contributed by atoms with Crippen molar-refractivity contribution in [1.29, 1.82) is 0 Å². The predicted molar refractivity (Wildman–Crippen MR) is 165 cm³/mol. The van der Waals surface area contributed by atoms with Crippen molar-refractivity contribution in [2.24, 2.45) is 5.92 Å². The lowest BCUT2D eigenvalue weighted by molar-refractivity contribution is -0.270. The minimum atomic E-state index is -4.71. The van der Waals surface area contributed by atoms with Crippen LogP contribution in [0.5, 0.6) is 5.88 Å². The second kappa shape index (κ2) is 13.8. The number of halogens is 4. The van der Waals surface area contributed by atoms with Gasteiger partial charge in [0.15, 0.2) is 17.1 Å². The van der Waals surface area contributed by atoms with Gasteiger partial charge in [0.2, 0.25) is 11.8 Å². The first-order chi connectivity index (χ1) is 22.1. The predicted octanol–water partition coefficient (Wildman–Crippen LogP) is 4.38. The van der Waals surface area contributed by atoms with E-state index in [-0.39, 0.29) is 61.7 Å². The van der Waals surface area contributed by atoms with E-state index in [9.17, 15) is 27.9 Å². The van der Waals surface area contributed by atoms with E-state index >= 15 is 4.39 Å². The Kier molecular flexibility index (Phi) is 10.3. The fraction of sp³-hybridized carbons (Fsp3) is 0.677. The molecule has 47 heavy (non-hydrogen) atoms. The summed E-state index contributed by atoms with van der Waals surface area (Å²) in [5, 5.41) is 17.4. The normalized spacial score (nSPS) is 26.6. The number of nitrogens with one attached hydrogen (secondary N) is 1. The van der Waals surface area contributed by atoms with Crippen molar-refractivity contribution < 1.29 is 46.5 Å². The van der Waals surface area contributed by atoms with Crippen molar-refractivity contribution in [3.63, 3.8) is 0 Å². The maximum atomic E-state index is 15.0. The summed E-state index contributed by atoms with van der Waals surface area (Å²) in [4.78, 5) is 32.9. The number of methoxy groups -OCH3 is 1. The van der Waals surface area contributed by atoms with Crippen LogP contribution in [0.2, 0.25) is 25.7 Å². The molecule has 2 aromatic heterocycles. The fourth-order valence-corrected chi connectivity index (χ4v) is 7.29. The lowest BCUT2D eigenvalue weighted by atomic mass is 9.80. The number of carbonyl (C=O) groups excluding carboxylic acids is 2. The molecule has 2 aromatic rings. The van der Waals surface area contributed by atoms with Crippen molar-refractivity contribution in [2.45, 2.75) is 101 Å². The quantitative estimate of drug-likeness (QED) is 0.215. The van der Waals surface area contributed by atoms with E-state index in [1.54, 1.807) is 4.90 Å². The third kappa shape index (κ3) is 7.98. The van der Waals surface area contributed by atoms with Crippen molar-refractivity contribution >= 4 is 19.9 Å². The highest BCUT2D eigenvalue weighted by molar-refractivity contribution is 6.76. The molecule has 0 spiro atoms. The van der Waals surface area contributed by atoms with Gasteiger partial charge in [0.05, 0.1) is 44.3 Å². The van der Waals surface area contributed by atoms with Crippen LogP contribution in [-0.2, 0) is 21.0 Å². The maximum absolute atomic E-state index is 15.0. The lowest BCUT2D eigenvalue weighted by Crippen LogP contribution is -2.61. The molecule has 260 valence electrons. The number of ether oxygens (including phenoxy) is 3. The zero-order valence-corrected chi connectivity index (χ0v) is 28.1. The van der Waals surface area contributed by atoms with E-state index in [0.717, 1.165) is 12.2 Å². The van der Waals surface area contributed by atoms with Crippen molar-refractivity contribution in [3.8, 4) is 17.1 Å². The number of alkyl halides is 3. The molecule has 2 unspecified atom stereocenters. The number of aromatic nitrogens is 3. The Morgan fingerprint density at radius 1 is 1.15 bits per heavy atom. The molecule has 1 aliphatic carbocycles. The Bertz CT molecular complexity index is 1430. The smallest absolute Gasteiger partial charge is 0.417 e. The van der Waals surface area contributed by atoms with Crippen LogP contribution in [-0.4, -0.2) is 101 Å². The van der Waals surface area contributed by atoms with Gasteiger partial charge < -0.3 is 29.5 Å². The van der Waals surface area contributed by atoms with Gasteiger partial charge in [0, 0.05) is 38.3 Å². The summed E-state index contributed by atoms with van der Waals surface area (Å²) in [5.41, 5.74) is -2.17. The molecule has 0 aromatic carbocycles. The van der Waals surface area contributed by atoms with Crippen molar-refractivity contribution in [3.05, 3.63) is 29.8 Å². The Balaban J connectivity index is 1.30. The molecular formula is C31H43F4N5O6Si. The van der Waals surface area contributed by atoms with Crippen LogP contribution in [0.15, 0.2) is 18.3 Å². The highest BCUT2D eigenvalue weighted by atomic mass is 28.3. The van der Waals surface area contributed by atoms with E-state index < -0.39 is 62.6 Å². The van der Waals surface area contributed by atoms with Gasteiger partial charge in [-0.05, 0) is 50.6 Å². The van der Waals surface area contributed by atoms with Crippen LogP contribution >= 0.6 is 0 Å². The summed E-state index contributed by atoms with van der Waals surface area (Å²) in [6, 6.07) is 2.52. The zero-order chi connectivity index (χ0) is 34.1. The number of morpholine rings is 1. The summed E-state index contributed by atoms with van der Waals surface area (Å²) >= 11 is 0. The maximum Gasteiger partial charge on any atom is 0.417 e. The van der Waals surface area contributed by atoms with E-state index in [1.807, 2.05) is 0 Å². The third-order valence-electron chi connectivity index (χ3n) is 9.34. The molecule has 2 N–H and O–H groups in total. The van der Waals surface area contributed by atoms with Gasteiger partial charge in [-0.3, -0.25) is 9.59 Å². The van der Waals surface area contributed by atoms with Crippen LogP contribution in [0.3, 0.4) is 0 Å². The largest absolute Gasteiger partial charge is 0.481 e. The number of hydrogen-bond acceptors (Lipinski definition) is 8. The van der Waals surface area contributed by atoms with Gasteiger partial charge in [-0.25, -0.2) is 14.1 Å². The highest BCUT2D eigenvalue weighted by Crippen LogP contribution is 2.42. The molecule has 11 nitrogen and oxygen atoms in total. The molecule has 2 amide bonds. The number of amides is 2. The molecule has 4 heterocycles. The molecule has 2 saturated heterocycles. The van der Waals surface area contributed by atoms with Gasteiger partial charge in [0.25, 0.3) is 5.91 Å². The number of hydrogen-bond donors (Lipinski definition) is 2. The summed E-state index contributed by atoms with van der Waals surface area (Å²) < 4.78 is 73.0. The molecule has 5 rings (SSSR count). The van der Waals surface area contributed by atoms with E-state index in [4.69, 9.17) is 14.2 Å². The highest BCUT2D eigenvalue weighted by Gasteiger charge is 2.55. The first-order valence-electron chi connectivity index (χ1n) is 15.9. The van der Waals surface area contributed by atoms with E-state index in [1.165, 1.54) is 23.9 Å². The standard InChI is InChI=1S/C31H43F4N5O6Si/c1-44-27-13-23(24(32)15-36-27)26-14-25(38-39(26)18-45-9-10-47(2,3)4)29(42)40-21-11-19(12-22(40)17-46-16-21)28(41)37-20-5-7-30(43,8-6-20)31(33,34)35/h13-15,19-22,43H,5-12,16-18H2,1-4H3,(H,37,41)/t19?,20-,21?,22?,30-. The molecule has 2 bridgehead atoms. The Labute approximate surface area is 272 Å². The molecule has 1 saturated carbocycles. The molecule has 0 radical (unpaired) electrons. The minimum Gasteiger partial charge on any atom is -0.481 e. The fourth-order valence-electron chi connectivity index (χ4n) is 6.53. The van der Waals surface area contributed by atoms with Gasteiger partial charge in [0.1, 0.15) is 6.73 Å². The number of fused-ring (bicyclic) bond motifs is 2. The molecular weight excluding hydrogens is 642 g/mol. The first-order valence-corrected chi connectivity index (χ1v) is 19.6. The average Bonchev–Trinajstić information content (AvgIpc) is 3.42. The Hall–Kier alpha value is -3.08. The van der Waals surface area contributed by atoms with Crippen molar-refractivity contribution in [1.82, 2.24) is 25.0 Å². The molecule has 3 fully saturated rings. The molecule has 2 atom stereocenters. The van der Waals surface area contributed by atoms with Crippen LogP contribution in [0.1, 0.15) is 49.0 Å². The average molecular weight is 686 g/mol. The summed E-state index contributed by atoms with van der Waals surface area (Å²) in [7, 11) is 0.0459. The topological polar surface area (TPSA) is 128 Å². The van der Waals surface area contributed by atoms with Crippen LogP contribution in [0.4, 0.5) is 17.6 Å². The summed E-state index contributed by atoms with van der Waals surface area (Å²) in [6.45, 7) is 7.58. The third-order valence-corrected chi connectivity index (χ3v) is 11.0. The number of pyridine rings is 1. The second-order valence-corrected chi connectivity index (χ2v) is 19.6. The van der Waals surface area contributed by atoms with Crippen LogP contribution < -0.4 is 10.1 Å².